The van der Waals surface area contributed by atoms with Crippen molar-refractivity contribution in [2.45, 2.75) is 58.1 Å². The van der Waals surface area contributed by atoms with Crippen molar-refractivity contribution in [3.63, 3.8) is 0 Å². The van der Waals surface area contributed by atoms with Gasteiger partial charge in [0.25, 0.3) is 0 Å². The number of nitrogens with one attached hydrogen (secondary N) is 1. The zero-order valence-corrected chi connectivity index (χ0v) is 11.3. The molecular formula is C15H23NO2. The molecule has 0 aromatic carbocycles. The molecule has 3 atom stereocenters. The molecule has 100 valence electrons. The zero-order chi connectivity index (χ0) is 13.4. The van der Waals surface area contributed by atoms with Crippen LogP contribution in [0.5, 0.6) is 0 Å². The maximum absolute atomic E-state index is 11.0. The van der Waals surface area contributed by atoms with Gasteiger partial charge >= 0.3 is 0 Å². The number of carbonyl (C=O) groups is 1. The number of aliphatic hydroxyl groups excluding tert-OH is 1. The fraction of sp³-hybridized carbons (Fsp3) is 0.667. The van der Waals surface area contributed by atoms with Gasteiger partial charge in [-0.3, -0.25) is 4.79 Å². The van der Waals surface area contributed by atoms with Gasteiger partial charge in [-0.2, -0.15) is 0 Å². The molecule has 2 N–H and O–H groups in total. The third-order valence-corrected chi connectivity index (χ3v) is 3.08. The predicted molar refractivity (Wildman–Crippen MR) is 72.8 cm³/mol. The first-order chi connectivity index (χ1) is 8.63. The quantitative estimate of drug-likeness (QED) is 0.578. The fourth-order valence-corrected chi connectivity index (χ4v) is 1.79. The molecule has 0 radical (unpaired) electrons. The standard InChI is InChI=1S/C15H23NO2/c1-3-4-5-6-7-12(2)14(17)10-8-13-9-11-15(18)16-13/h8,10,12-14,17H,3-4,7,9,11H2,1-2H3,(H,16,18)/b10-8+/t12-,13+,14-/m1/s1. The average Bonchev–Trinajstić information content (AvgIpc) is 2.77. The van der Waals surface area contributed by atoms with Crippen molar-refractivity contribution in [2.75, 3.05) is 0 Å². The Labute approximate surface area is 110 Å². The van der Waals surface area contributed by atoms with Crippen LogP contribution in [0.15, 0.2) is 12.2 Å². The molecule has 0 aromatic heterocycles. The first-order valence-electron chi connectivity index (χ1n) is 6.75. The van der Waals surface area contributed by atoms with Crippen molar-refractivity contribution < 1.29 is 9.90 Å². The minimum Gasteiger partial charge on any atom is -0.389 e. The molecule has 0 unspecified atom stereocenters. The highest BCUT2D eigenvalue weighted by Gasteiger charge is 2.18. The summed E-state index contributed by atoms with van der Waals surface area (Å²) in [7, 11) is 0. The van der Waals surface area contributed by atoms with E-state index in [4.69, 9.17) is 0 Å². The summed E-state index contributed by atoms with van der Waals surface area (Å²) >= 11 is 0. The zero-order valence-electron chi connectivity index (χ0n) is 11.3. The molecule has 1 aliphatic rings. The highest BCUT2D eigenvalue weighted by Crippen LogP contribution is 2.12. The Balaban J connectivity index is 2.31. The fourth-order valence-electron chi connectivity index (χ4n) is 1.79. The molecule has 3 nitrogen and oxygen atoms in total. The van der Waals surface area contributed by atoms with Gasteiger partial charge in [0.1, 0.15) is 0 Å². The average molecular weight is 249 g/mol. The number of amides is 1. The predicted octanol–water partition coefficient (Wildman–Crippen LogP) is 2.01. The highest BCUT2D eigenvalue weighted by atomic mass is 16.3. The van der Waals surface area contributed by atoms with E-state index in [0.717, 1.165) is 19.3 Å². The molecule has 1 aliphatic heterocycles. The molecule has 1 saturated heterocycles. The largest absolute Gasteiger partial charge is 0.389 e. The summed E-state index contributed by atoms with van der Waals surface area (Å²) in [6, 6.07) is 0.0884. The van der Waals surface area contributed by atoms with E-state index in [9.17, 15) is 9.90 Å². The van der Waals surface area contributed by atoms with Gasteiger partial charge in [0.15, 0.2) is 0 Å². The number of aliphatic hydroxyl groups is 1. The van der Waals surface area contributed by atoms with Gasteiger partial charge in [0.05, 0.1) is 6.10 Å². The van der Waals surface area contributed by atoms with Crippen LogP contribution < -0.4 is 5.32 Å². The molecular weight excluding hydrogens is 226 g/mol. The molecule has 1 rings (SSSR count). The number of hydrogen-bond donors (Lipinski definition) is 2. The monoisotopic (exact) mass is 249 g/mol. The van der Waals surface area contributed by atoms with Crippen molar-refractivity contribution in [3.05, 3.63) is 12.2 Å². The van der Waals surface area contributed by atoms with Crippen molar-refractivity contribution in [2.24, 2.45) is 5.92 Å². The summed E-state index contributed by atoms with van der Waals surface area (Å²) in [5.41, 5.74) is 0. The minimum absolute atomic E-state index is 0.0884. The minimum atomic E-state index is -0.488. The second-order valence-electron chi connectivity index (χ2n) is 4.87. The Bertz CT molecular complexity index is 351. The Morgan fingerprint density at radius 3 is 2.94 bits per heavy atom. The number of hydrogen-bond acceptors (Lipinski definition) is 2. The summed E-state index contributed by atoms with van der Waals surface area (Å²) in [4.78, 5) is 11.0. The lowest BCUT2D eigenvalue weighted by atomic mass is 10.00. The van der Waals surface area contributed by atoms with Gasteiger partial charge in [0, 0.05) is 25.3 Å². The Kier molecular flexibility index (Phi) is 6.53. The lowest BCUT2D eigenvalue weighted by molar-refractivity contribution is -0.119. The third-order valence-electron chi connectivity index (χ3n) is 3.08. The van der Waals surface area contributed by atoms with Gasteiger partial charge in [-0.15, -0.1) is 11.8 Å². The molecule has 3 heteroatoms. The number of rotatable bonds is 5. The summed E-state index contributed by atoms with van der Waals surface area (Å²) in [6.45, 7) is 4.09. The molecule has 0 saturated carbocycles. The highest BCUT2D eigenvalue weighted by molar-refractivity contribution is 5.78. The van der Waals surface area contributed by atoms with Crippen LogP contribution in [0.4, 0.5) is 0 Å². The molecule has 1 heterocycles. The second kappa shape index (κ2) is 7.94. The number of unbranched alkanes of at least 4 members (excludes halogenated alkanes) is 1. The van der Waals surface area contributed by atoms with Crippen molar-refractivity contribution in [1.29, 1.82) is 0 Å². The molecule has 18 heavy (non-hydrogen) atoms. The molecule has 1 amide bonds. The van der Waals surface area contributed by atoms with Gasteiger partial charge in [-0.25, -0.2) is 0 Å². The molecule has 0 spiro atoms. The van der Waals surface area contributed by atoms with E-state index < -0.39 is 6.10 Å². The van der Waals surface area contributed by atoms with E-state index in [1.165, 1.54) is 0 Å². The van der Waals surface area contributed by atoms with E-state index in [-0.39, 0.29) is 17.9 Å². The van der Waals surface area contributed by atoms with Crippen LogP contribution in [0.3, 0.4) is 0 Å². The maximum Gasteiger partial charge on any atom is 0.220 e. The van der Waals surface area contributed by atoms with E-state index in [1.807, 2.05) is 13.0 Å². The lowest BCUT2D eigenvalue weighted by Gasteiger charge is -2.13. The van der Waals surface area contributed by atoms with Crippen LogP contribution in [0.25, 0.3) is 0 Å². The van der Waals surface area contributed by atoms with Crippen molar-refractivity contribution in [1.82, 2.24) is 5.32 Å². The van der Waals surface area contributed by atoms with Crippen LogP contribution in [0, 0.1) is 17.8 Å². The first kappa shape index (κ1) is 14.8. The topological polar surface area (TPSA) is 49.3 Å². The van der Waals surface area contributed by atoms with Gasteiger partial charge < -0.3 is 10.4 Å². The van der Waals surface area contributed by atoms with Crippen LogP contribution in [0.1, 0.15) is 46.0 Å². The van der Waals surface area contributed by atoms with E-state index in [1.54, 1.807) is 6.08 Å². The maximum atomic E-state index is 11.0. The van der Waals surface area contributed by atoms with Gasteiger partial charge in [-0.1, -0.05) is 26.0 Å². The van der Waals surface area contributed by atoms with E-state index in [2.05, 4.69) is 24.1 Å². The van der Waals surface area contributed by atoms with Crippen LogP contribution >= 0.6 is 0 Å². The number of carbonyl (C=O) groups excluding carboxylic acids is 1. The lowest BCUT2D eigenvalue weighted by Crippen LogP contribution is -2.24. The molecule has 0 aromatic rings. The van der Waals surface area contributed by atoms with E-state index in [0.29, 0.717) is 12.8 Å². The summed E-state index contributed by atoms with van der Waals surface area (Å²) in [5.74, 6) is 6.39. The van der Waals surface area contributed by atoms with Crippen LogP contribution in [0.2, 0.25) is 0 Å². The third kappa shape index (κ3) is 5.37. The van der Waals surface area contributed by atoms with Crippen LogP contribution in [-0.4, -0.2) is 23.2 Å². The SMILES string of the molecule is CCCC#CC[C@@H](C)[C@H](O)/C=C/[C@H]1CCC(=O)N1. The van der Waals surface area contributed by atoms with Crippen molar-refractivity contribution in [3.8, 4) is 11.8 Å². The van der Waals surface area contributed by atoms with E-state index >= 15 is 0 Å². The van der Waals surface area contributed by atoms with Crippen molar-refractivity contribution >= 4 is 5.91 Å². The van der Waals surface area contributed by atoms with Crippen LogP contribution in [-0.2, 0) is 4.79 Å². The smallest absolute Gasteiger partial charge is 0.220 e. The Morgan fingerprint density at radius 2 is 2.33 bits per heavy atom. The Hall–Kier alpha value is -1.27. The molecule has 1 fully saturated rings. The Morgan fingerprint density at radius 1 is 1.56 bits per heavy atom. The molecule has 0 aliphatic carbocycles. The first-order valence-corrected chi connectivity index (χ1v) is 6.75. The summed E-state index contributed by atoms with van der Waals surface area (Å²) in [6.07, 6.45) is 7.31. The second-order valence-corrected chi connectivity index (χ2v) is 4.87. The normalized spacial score (nSPS) is 22.4. The van der Waals surface area contributed by atoms with Gasteiger partial charge in [0.2, 0.25) is 5.91 Å². The molecule has 0 bridgehead atoms. The summed E-state index contributed by atoms with van der Waals surface area (Å²) in [5, 5.41) is 12.8. The van der Waals surface area contributed by atoms with Gasteiger partial charge in [-0.05, 0) is 18.8 Å². The summed E-state index contributed by atoms with van der Waals surface area (Å²) < 4.78 is 0.